The predicted molar refractivity (Wildman–Crippen MR) is 110 cm³/mol. The summed E-state index contributed by atoms with van der Waals surface area (Å²) in [6.45, 7) is 6.01. The lowest BCUT2D eigenvalue weighted by Crippen LogP contribution is -2.22. The van der Waals surface area contributed by atoms with Crippen LogP contribution in [0, 0.1) is 13.8 Å². The van der Waals surface area contributed by atoms with E-state index in [1.165, 1.54) is 11.8 Å². The summed E-state index contributed by atoms with van der Waals surface area (Å²) in [5.74, 6) is 1.58. The maximum atomic E-state index is 13.3. The van der Waals surface area contributed by atoms with Gasteiger partial charge in [0, 0.05) is 6.42 Å². The summed E-state index contributed by atoms with van der Waals surface area (Å²) in [6, 6.07) is 13.5. The first-order valence-corrected chi connectivity index (χ1v) is 10.1. The summed E-state index contributed by atoms with van der Waals surface area (Å²) < 4.78 is 7.27. The van der Waals surface area contributed by atoms with Crippen molar-refractivity contribution in [1.29, 1.82) is 0 Å². The molecule has 0 atom stereocenters. The Morgan fingerprint density at radius 3 is 2.46 bits per heavy atom. The van der Waals surface area contributed by atoms with Crippen molar-refractivity contribution in [1.82, 2.24) is 19.7 Å². The van der Waals surface area contributed by atoms with Crippen molar-refractivity contribution in [3.05, 3.63) is 75.7 Å². The first-order valence-electron chi connectivity index (χ1n) is 9.09. The minimum absolute atomic E-state index is 0.0853. The molecule has 0 saturated heterocycles. The van der Waals surface area contributed by atoms with Gasteiger partial charge in [0.05, 0.1) is 22.3 Å². The number of fused-ring (bicyclic) bond motifs is 1. The van der Waals surface area contributed by atoms with Gasteiger partial charge in [-0.3, -0.25) is 9.36 Å². The number of aryl methyl sites for hydroxylation is 3. The van der Waals surface area contributed by atoms with Crippen LogP contribution in [-0.2, 0) is 12.2 Å². The van der Waals surface area contributed by atoms with E-state index in [4.69, 9.17) is 9.40 Å². The number of nitrogens with zero attached hydrogens (tertiary/aromatic N) is 4. The molecule has 0 radical (unpaired) electrons. The van der Waals surface area contributed by atoms with Crippen molar-refractivity contribution in [3.63, 3.8) is 0 Å². The van der Waals surface area contributed by atoms with Crippen molar-refractivity contribution in [3.8, 4) is 5.69 Å². The van der Waals surface area contributed by atoms with Crippen LogP contribution in [0.2, 0.25) is 0 Å². The van der Waals surface area contributed by atoms with E-state index in [1.54, 1.807) is 4.57 Å². The third-order valence-electron chi connectivity index (χ3n) is 4.35. The van der Waals surface area contributed by atoms with Crippen LogP contribution < -0.4 is 5.56 Å². The fourth-order valence-electron chi connectivity index (χ4n) is 3.13. The van der Waals surface area contributed by atoms with Gasteiger partial charge in [0.2, 0.25) is 11.8 Å². The van der Waals surface area contributed by atoms with E-state index in [2.05, 4.69) is 16.3 Å². The van der Waals surface area contributed by atoms with Crippen LogP contribution in [0.5, 0.6) is 0 Å². The molecule has 0 amide bonds. The smallest absolute Gasteiger partial charge is 0.266 e. The van der Waals surface area contributed by atoms with E-state index >= 15 is 0 Å². The summed E-state index contributed by atoms with van der Waals surface area (Å²) in [7, 11) is 0. The Bertz CT molecular complexity index is 1190. The third-order valence-corrected chi connectivity index (χ3v) is 5.27. The number of aromatic nitrogens is 4. The van der Waals surface area contributed by atoms with Crippen molar-refractivity contribution in [2.45, 2.75) is 38.1 Å². The average molecular weight is 392 g/mol. The molecule has 2 heterocycles. The van der Waals surface area contributed by atoms with E-state index in [9.17, 15) is 4.79 Å². The SMILES string of the molecule is CCc1nnc(CSc2nc3ccccc3c(=O)n2-c2cc(C)cc(C)c2)o1. The second-order valence-corrected chi connectivity index (χ2v) is 7.57. The first kappa shape index (κ1) is 18.4. The lowest BCUT2D eigenvalue weighted by molar-refractivity contribution is 0.469. The molecule has 0 fully saturated rings. The number of hydrogen-bond acceptors (Lipinski definition) is 6. The van der Waals surface area contributed by atoms with Crippen molar-refractivity contribution in [2.24, 2.45) is 0 Å². The van der Waals surface area contributed by atoms with E-state index in [0.717, 1.165) is 16.8 Å². The topological polar surface area (TPSA) is 73.8 Å². The molecule has 0 aliphatic rings. The molecule has 2 aromatic carbocycles. The Hall–Kier alpha value is -2.93. The Balaban J connectivity index is 1.84. The van der Waals surface area contributed by atoms with Crippen LogP contribution >= 0.6 is 11.8 Å². The Kier molecular flexibility index (Phi) is 5.00. The van der Waals surface area contributed by atoms with E-state index in [1.807, 2.05) is 57.2 Å². The largest absolute Gasteiger partial charge is 0.424 e. The second kappa shape index (κ2) is 7.59. The van der Waals surface area contributed by atoms with Gasteiger partial charge in [-0.05, 0) is 49.2 Å². The van der Waals surface area contributed by atoms with Crippen LogP contribution in [0.15, 0.2) is 56.8 Å². The van der Waals surface area contributed by atoms with Crippen LogP contribution in [0.25, 0.3) is 16.6 Å². The molecule has 6 nitrogen and oxygen atoms in total. The highest BCUT2D eigenvalue weighted by Gasteiger charge is 2.15. The molecule has 4 aromatic rings. The fourth-order valence-corrected chi connectivity index (χ4v) is 3.98. The summed E-state index contributed by atoms with van der Waals surface area (Å²) in [4.78, 5) is 18.0. The van der Waals surface area contributed by atoms with Crippen molar-refractivity contribution < 1.29 is 4.42 Å². The zero-order valence-electron chi connectivity index (χ0n) is 16.0. The lowest BCUT2D eigenvalue weighted by atomic mass is 10.1. The second-order valence-electron chi connectivity index (χ2n) is 6.63. The molecule has 0 bridgehead atoms. The molecule has 0 spiro atoms. The minimum atomic E-state index is -0.0853. The van der Waals surface area contributed by atoms with Crippen LogP contribution in [0.1, 0.15) is 29.8 Å². The molecule has 0 unspecified atom stereocenters. The normalized spacial score (nSPS) is 11.2. The molecule has 0 N–H and O–H groups in total. The highest BCUT2D eigenvalue weighted by atomic mass is 32.2. The summed E-state index contributed by atoms with van der Waals surface area (Å²) in [5, 5.41) is 9.26. The Morgan fingerprint density at radius 1 is 1.04 bits per heavy atom. The molecule has 0 saturated carbocycles. The monoisotopic (exact) mass is 392 g/mol. The molecule has 2 aromatic heterocycles. The third kappa shape index (κ3) is 3.57. The molecule has 142 valence electrons. The van der Waals surface area contributed by atoms with Crippen molar-refractivity contribution >= 4 is 22.7 Å². The number of rotatable bonds is 5. The number of thioether (sulfide) groups is 1. The maximum absolute atomic E-state index is 13.3. The molecule has 4 rings (SSSR count). The molecule has 0 aliphatic heterocycles. The number of benzene rings is 2. The molecular weight excluding hydrogens is 372 g/mol. The predicted octanol–water partition coefficient (Wildman–Crippen LogP) is 4.24. The lowest BCUT2D eigenvalue weighted by Gasteiger charge is -2.14. The van der Waals surface area contributed by atoms with Gasteiger partial charge in [0.1, 0.15) is 0 Å². The zero-order chi connectivity index (χ0) is 19.7. The summed E-state index contributed by atoms with van der Waals surface area (Å²) in [6.07, 6.45) is 0.694. The van der Waals surface area contributed by atoms with Crippen molar-refractivity contribution in [2.75, 3.05) is 0 Å². The van der Waals surface area contributed by atoms with Gasteiger partial charge in [-0.1, -0.05) is 36.9 Å². The minimum Gasteiger partial charge on any atom is -0.424 e. The van der Waals surface area contributed by atoms with E-state index in [-0.39, 0.29) is 5.56 Å². The maximum Gasteiger partial charge on any atom is 0.266 e. The van der Waals surface area contributed by atoms with E-state index in [0.29, 0.717) is 40.0 Å². The Morgan fingerprint density at radius 2 is 1.75 bits per heavy atom. The van der Waals surface area contributed by atoms with Gasteiger partial charge >= 0.3 is 0 Å². The summed E-state index contributed by atoms with van der Waals surface area (Å²) >= 11 is 1.42. The van der Waals surface area contributed by atoms with E-state index < -0.39 is 0 Å². The van der Waals surface area contributed by atoms with Crippen LogP contribution in [0.3, 0.4) is 0 Å². The van der Waals surface area contributed by atoms with Gasteiger partial charge < -0.3 is 4.42 Å². The quantitative estimate of drug-likeness (QED) is 0.374. The first-order chi connectivity index (χ1) is 13.5. The number of para-hydroxylation sites is 1. The highest BCUT2D eigenvalue weighted by Crippen LogP contribution is 2.25. The van der Waals surface area contributed by atoms with Gasteiger partial charge in [0.15, 0.2) is 5.16 Å². The molecular formula is C21H20N4O2S. The van der Waals surface area contributed by atoms with Gasteiger partial charge in [-0.2, -0.15) is 0 Å². The standard InChI is InChI=1S/C21H20N4O2S/c1-4-18-23-24-19(27-18)12-28-21-22-17-8-6-5-7-16(17)20(26)25(21)15-10-13(2)9-14(3)11-15/h5-11H,4,12H2,1-3H3. The van der Waals surface area contributed by atoms with Gasteiger partial charge in [-0.15, -0.1) is 10.2 Å². The Labute approximate surface area is 166 Å². The molecule has 0 aliphatic carbocycles. The molecule has 28 heavy (non-hydrogen) atoms. The summed E-state index contributed by atoms with van der Waals surface area (Å²) in [5.41, 5.74) is 3.59. The van der Waals surface area contributed by atoms with Crippen LogP contribution in [-0.4, -0.2) is 19.7 Å². The molecule has 7 heteroatoms. The van der Waals surface area contributed by atoms with Crippen LogP contribution in [0.4, 0.5) is 0 Å². The fraction of sp³-hybridized carbons (Fsp3) is 0.238. The highest BCUT2D eigenvalue weighted by molar-refractivity contribution is 7.98. The van der Waals surface area contributed by atoms with Gasteiger partial charge in [0.25, 0.3) is 5.56 Å². The average Bonchev–Trinajstić information content (AvgIpc) is 3.14. The zero-order valence-corrected chi connectivity index (χ0v) is 16.8. The van der Waals surface area contributed by atoms with Gasteiger partial charge in [-0.25, -0.2) is 4.98 Å². The number of hydrogen-bond donors (Lipinski definition) is 0.